The number of likely N-dealkylation sites (tertiary alicyclic amines) is 1. The van der Waals surface area contributed by atoms with E-state index in [1.807, 2.05) is 0 Å². The fraction of sp³-hybridized carbons (Fsp3) is 1.00. The highest BCUT2D eigenvalue weighted by Gasteiger charge is 2.33. The fourth-order valence-electron chi connectivity index (χ4n) is 2.74. The molecule has 3 nitrogen and oxygen atoms in total. The maximum Gasteiger partial charge on any atom is 0.0707 e. The quantitative estimate of drug-likeness (QED) is 0.745. The van der Waals surface area contributed by atoms with Crippen molar-refractivity contribution in [2.75, 3.05) is 26.2 Å². The second-order valence-corrected chi connectivity index (χ2v) is 5.02. The molecule has 2 aliphatic heterocycles. The molecule has 0 saturated carbocycles. The summed E-state index contributed by atoms with van der Waals surface area (Å²) in [6.07, 6.45) is 6.08. The standard InChI is InChI=1S/C12H24N2O/c1-2-10(7-13)5-6-14-8-11-3-4-12(9-14)15-11/h10-12H,2-9,13H2,1H3. The highest BCUT2D eigenvalue weighted by atomic mass is 16.5. The highest BCUT2D eigenvalue weighted by Crippen LogP contribution is 2.26. The van der Waals surface area contributed by atoms with Crippen LogP contribution in [-0.4, -0.2) is 43.3 Å². The molecule has 2 heterocycles. The van der Waals surface area contributed by atoms with Crippen molar-refractivity contribution in [1.29, 1.82) is 0 Å². The molecule has 0 aliphatic carbocycles. The SMILES string of the molecule is CCC(CN)CCN1CC2CCC(C1)O2. The van der Waals surface area contributed by atoms with E-state index in [4.69, 9.17) is 10.5 Å². The predicted octanol–water partition coefficient (Wildman–Crippen LogP) is 1.22. The number of fused-ring (bicyclic) bond motifs is 2. The Morgan fingerprint density at radius 3 is 2.53 bits per heavy atom. The summed E-state index contributed by atoms with van der Waals surface area (Å²) < 4.78 is 5.82. The van der Waals surface area contributed by atoms with Crippen LogP contribution >= 0.6 is 0 Å². The normalized spacial score (nSPS) is 33.2. The van der Waals surface area contributed by atoms with Gasteiger partial charge in [0.05, 0.1) is 12.2 Å². The first-order chi connectivity index (χ1) is 7.31. The zero-order chi connectivity index (χ0) is 10.7. The number of ether oxygens (including phenoxy) is 1. The molecule has 0 amide bonds. The Kier molecular flexibility index (Phi) is 4.00. The lowest BCUT2D eigenvalue weighted by atomic mass is 10.0. The van der Waals surface area contributed by atoms with Crippen molar-refractivity contribution in [3.63, 3.8) is 0 Å². The smallest absolute Gasteiger partial charge is 0.0707 e. The van der Waals surface area contributed by atoms with E-state index in [-0.39, 0.29) is 0 Å². The molecule has 0 aromatic rings. The van der Waals surface area contributed by atoms with Gasteiger partial charge >= 0.3 is 0 Å². The van der Waals surface area contributed by atoms with E-state index in [2.05, 4.69) is 11.8 Å². The molecule has 0 spiro atoms. The number of rotatable bonds is 5. The molecule has 0 aromatic carbocycles. The second kappa shape index (κ2) is 5.28. The summed E-state index contributed by atoms with van der Waals surface area (Å²) in [6.45, 7) is 6.59. The summed E-state index contributed by atoms with van der Waals surface area (Å²) in [7, 11) is 0. The first-order valence-corrected chi connectivity index (χ1v) is 6.39. The molecule has 2 saturated heterocycles. The summed E-state index contributed by atoms with van der Waals surface area (Å²) in [4.78, 5) is 2.57. The highest BCUT2D eigenvalue weighted by molar-refractivity contribution is 4.84. The van der Waals surface area contributed by atoms with Gasteiger partial charge in [-0.25, -0.2) is 0 Å². The van der Waals surface area contributed by atoms with Crippen molar-refractivity contribution in [2.45, 2.75) is 44.8 Å². The van der Waals surface area contributed by atoms with Crippen molar-refractivity contribution >= 4 is 0 Å². The third-order valence-corrected chi connectivity index (χ3v) is 3.88. The third-order valence-electron chi connectivity index (χ3n) is 3.88. The van der Waals surface area contributed by atoms with Crippen LogP contribution in [0.25, 0.3) is 0 Å². The monoisotopic (exact) mass is 212 g/mol. The lowest BCUT2D eigenvalue weighted by molar-refractivity contribution is -0.0394. The van der Waals surface area contributed by atoms with E-state index in [9.17, 15) is 0 Å². The third kappa shape index (κ3) is 2.92. The molecule has 2 N–H and O–H groups in total. The van der Waals surface area contributed by atoms with E-state index >= 15 is 0 Å². The van der Waals surface area contributed by atoms with Crippen LogP contribution in [0.5, 0.6) is 0 Å². The summed E-state index contributed by atoms with van der Waals surface area (Å²) in [5.41, 5.74) is 5.72. The van der Waals surface area contributed by atoms with Gasteiger partial charge in [0, 0.05) is 13.1 Å². The van der Waals surface area contributed by atoms with Crippen molar-refractivity contribution in [3.05, 3.63) is 0 Å². The first kappa shape index (κ1) is 11.4. The largest absolute Gasteiger partial charge is 0.372 e. The van der Waals surface area contributed by atoms with Crippen LogP contribution < -0.4 is 5.73 Å². The van der Waals surface area contributed by atoms with Gasteiger partial charge in [0.15, 0.2) is 0 Å². The minimum absolute atomic E-state index is 0.529. The van der Waals surface area contributed by atoms with Gasteiger partial charge in [0.1, 0.15) is 0 Å². The Hall–Kier alpha value is -0.120. The van der Waals surface area contributed by atoms with Crippen LogP contribution in [0.4, 0.5) is 0 Å². The lowest BCUT2D eigenvalue weighted by Gasteiger charge is -2.32. The maximum atomic E-state index is 5.82. The molecule has 2 bridgehead atoms. The molecule has 2 aliphatic rings. The van der Waals surface area contributed by atoms with E-state index in [0.717, 1.165) is 19.6 Å². The van der Waals surface area contributed by atoms with E-state index in [1.165, 1.54) is 32.2 Å². The molecule has 0 radical (unpaired) electrons. The van der Waals surface area contributed by atoms with Crippen LogP contribution in [0.3, 0.4) is 0 Å². The Balaban J connectivity index is 1.71. The number of nitrogens with zero attached hydrogens (tertiary/aromatic N) is 1. The van der Waals surface area contributed by atoms with E-state index in [0.29, 0.717) is 18.1 Å². The predicted molar refractivity (Wildman–Crippen MR) is 61.8 cm³/mol. The summed E-state index contributed by atoms with van der Waals surface area (Å²) in [5.74, 6) is 0.713. The van der Waals surface area contributed by atoms with Crippen molar-refractivity contribution in [2.24, 2.45) is 11.7 Å². The van der Waals surface area contributed by atoms with Gasteiger partial charge in [-0.1, -0.05) is 13.3 Å². The lowest BCUT2D eigenvalue weighted by Crippen LogP contribution is -2.43. The van der Waals surface area contributed by atoms with Gasteiger partial charge in [0.2, 0.25) is 0 Å². The average Bonchev–Trinajstić information content (AvgIpc) is 2.60. The van der Waals surface area contributed by atoms with Crippen LogP contribution in [0.2, 0.25) is 0 Å². The van der Waals surface area contributed by atoms with Crippen molar-refractivity contribution in [1.82, 2.24) is 4.90 Å². The van der Waals surface area contributed by atoms with Gasteiger partial charge in [-0.3, -0.25) is 4.90 Å². The molecule has 2 rings (SSSR count). The summed E-state index contributed by atoms with van der Waals surface area (Å²) in [5, 5.41) is 0. The summed E-state index contributed by atoms with van der Waals surface area (Å²) >= 11 is 0. The molecule has 3 unspecified atom stereocenters. The fourth-order valence-corrected chi connectivity index (χ4v) is 2.74. The Morgan fingerprint density at radius 2 is 2.00 bits per heavy atom. The zero-order valence-electron chi connectivity index (χ0n) is 9.82. The molecule has 3 atom stereocenters. The second-order valence-electron chi connectivity index (χ2n) is 5.02. The number of morpholine rings is 1. The van der Waals surface area contributed by atoms with Gasteiger partial charge in [-0.15, -0.1) is 0 Å². The minimum atomic E-state index is 0.529. The number of nitrogens with two attached hydrogens (primary N) is 1. The molecule has 0 aromatic heterocycles. The maximum absolute atomic E-state index is 5.82. The molecular formula is C12H24N2O. The van der Waals surface area contributed by atoms with Crippen LogP contribution in [0.1, 0.15) is 32.6 Å². The number of hydrogen-bond acceptors (Lipinski definition) is 3. The Labute approximate surface area is 93.0 Å². The van der Waals surface area contributed by atoms with Gasteiger partial charge in [0.25, 0.3) is 0 Å². The molecule has 15 heavy (non-hydrogen) atoms. The van der Waals surface area contributed by atoms with Crippen molar-refractivity contribution in [3.8, 4) is 0 Å². The van der Waals surface area contributed by atoms with Crippen molar-refractivity contribution < 1.29 is 4.74 Å². The molecule has 88 valence electrons. The zero-order valence-corrected chi connectivity index (χ0v) is 9.82. The Morgan fingerprint density at radius 1 is 1.33 bits per heavy atom. The minimum Gasteiger partial charge on any atom is -0.372 e. The molecular weight excluding hydrogens is 188 g/mol. The van der Waals surface area contributed by atoms with Gasteiger partial charge in [-0.2, -0.15) is 0 Å². The van der Waals surface area contributed by atoms with Crippen LogP contribution in [-0.2, 0) is 4.74 Å². The van der Waals surface area contributed by atoms with Crippen LogP contribution in [0.15, 0.2) is 0 Å². The Bertz CT molecular complexity index is 182. The molecule has 2 fully saturated rings. The average molecular weight is 212 g/mol. The van der Waals surface area contributed by atoms with Crippen LogP contribution in [0, 0.1) is 5.92 Å². The number of hydrogen-bond donors (Lipinski definition) is 1. The first-order valence-electron chi connectivity index (χ1n) is 6.39. The molecule has 3 heteroatoms. The van der Waals surface area contributed by atoms with Gasteiger partial charge < -0.3 is 10.5 Å². The topological polar surface area (TPSA) is 38.5 Å². The van der Waals surface area contributed by atoms with Gasteiger partial charge in [-0.05, 0) is 38.3 Å². The summed E-state index contributed by atoms with van der Waals surface area (Å²) in [6, 6.07) is 0. The van der Waals surface area contributed by atoms with E-state index in [1.54, 1.807) is 0 Å². The van der Waals surface area contributed by atoms with E-state index < -0.39 is 0 Å².